The van der Waals surface area contributed by atoms with Crippen LogP contribution in [0.5, 0.6) is 0 Å². The summed E-state index contributed by atoms with van der Waals surface area (Å²) < 4.78 is 28.3. The predicted molar refractivity (Wildman–Crippen MR) is 106 cm³/mol. The Morgan fingerprint density at radius 1 is 1.19 bits per heavy atom. The second-order valence-corrected chi connectivity index (χ2v) is 8.76. The molecule has 2 aromatic carbocycles. The van der Waals surface area contributed by atoms with E-state index in [2.05, 4.69) is 10.0 Å². The third-order valence-electron chi connectivity index (χ3n) is 4.77. The third-order valence-corrected chi connectivity index (χ3v) is 6.29. The van der Waals surface area contributed by atoms with Crippen molar-refractivity contribution in [2.24, 2.45) is 11.7 Å². The van der Waals surface area contributed by atoms with Gasteiger partial charge in [-0.15, -0.1) is 0 Å². The van der Waals surface area contributed by atoms with E-state index in [9.17, 15) is 13.2 Å². The Bertz CT molecular complexity index is 953. The molecule has 27 heavy (non-hydrogen) atoms. The molecule has 0 aliphatic heterocycles. The van der Waals surface area contributed by atoms with E-state index < -0.39 is 10.0 Å². The Labute approximate surface area is 160 Å². The predicted octanol–water partition coefficient (Wildman–Crippen LogP) is 2.57. The summed E-state index contributed by atoms with van der Waals surface area (Å²) in [6.07, 6.45) is 2.13. The van der Waals surface area contributed by atoms with Crippen LogP contribution in [-0.2, 0) is 10.0 Å². The zero-order valence-electron chi connectivity index (χ0n) is 15.5. The van der Waals surface area contributed by atoms with Crippen molar-refractivity contribution < 1.29 is 13.2 Å². The lowest BCUT2D eigenvalue weighted by atomic mass is 10.1. The minimum absolute atomic E-state index is 0.0655. The first-order chi connectivity index (χ1) is 12.8. The standard InChI is InChI=1S/C20H25N3O3S/c1-13-4-3-5-17(10-13)23-27(25,26)19-11-16(7-6-14(19)2)20(24)22-18(12-21)15-8-9-15/h3-7,10-11,15,18,23H,8-9,12,21H2,1-2H3,(H,22,24). The van der Waals surface area contributed by atoms with Gasteiger partial charge in [0.1, 0.15) is 0 Å². The van der Waals surface area contributed by atoms with Crippen molar-refractivity contribution in [1.82, 2.24) is 5.32 Å². The van der Waals surface area contributed by atoms with E-state index in [1.165, 1.54) is 6.07 Å². The molecule has 1 aliphatic rings. The Morgan fingerprint density at radius 3 is 2.56 bits per heavy atom. The van der Waals surface area contributed by atoms with Gasteiger partial charge >= 0.3 is 0 Å². The van der Waals surface area contributed by atoms with Crippen molar-refractivity contribution in [3.8, 4) is 0 Å². The van der Waals surface area contributed by atoms with E-state index in [1.54, 1.807) is 37.3 Å². The van der Waals surface area contributed by atoms with Crippen LogP contribution in [0.15, 0.2) is 47.4 Å². The number of benzene rings is 2. The third kappa shape index (κ3) is 4.67. The van der Waals surface area contributed by atoms with Gasteiger partial charge in [0.25, 0.3) is 15.9 Å². The SMILES string of the molecule is Cc1cccc(NS(=O)(=O)c2cc(C(=O)NC(CN)C3CC3)ccc2C)c1. The van der Waals surface area contributed by atoms with E-state index >= 15 is 0 Å². The second-order valence-electron chi connectivity index (χ2n) is 7.11. The van der Waals surface area contributed by atoms with Crippen LogP contribution in [0.1, 0.15) is 34.3 Å². The van der Waals surface area contributed by atoms with Gasteiger partial charge in [0.2, 0.25) is 0 Å². The average molecular weight is 388 g/mol. The number of nitrogens with one attached hydrogen (secondary N) is 2. The van der Waals surface area contributed by atoms with Crippen molar-refractivity contribution in [1.29, 1.82) is 0 Å². The first-order valence-electron chi connectivity index (χ1n) is 9.01. The fourth-order valence-corrected chi connectivity index (χ4v) is 4.39. The normalized spacial score (nSPS) is 15.2. The lowest BCUT2D eigenvalue weighted by Gasteiger charge is -2.17. The number of nitrogens with two attached hydrogens (primary N) is 1. The number of rotatable bonds is 7. The van der Waals surface area contributed by atoms with Crippen molar-refractivity contribution >= 4 is 21.6 Å². The summed E-state index contributed by atoms with van der Waals surface area (Å²) >= 11 is 0. The van der Waals surface area contributed by atoms with Gasteiger partial charge in [-0.25, -0.2) is 8.42 Å². The Balaban J connectivity index is 1.84. The van der Waals surface area contributed by atoms with Crippen LogP contribution in [0, 0.1) is 19.8 Å². The largest absolute Gasteiger partial charge is 0.348 e. The highest BCUT2D eigenvalue weighted by Gasteiger charge is 2.31. The van der Waals surface area contributed by atoms with Crippen molar-refractivity contribution in [2.75, 3.05) is 11.3 Å². The Hall–Kier alpha value is -2.38. The summed E-state index contributed by atoms with van der Waals surface area (Å²) in [6, 6.07) is 11.8. The monoisotopic (exact) mass is 387 g/mol. The molecule has 3 rings (SSSR count). The molecule has 0 saturated heterocycles. The quantitative estimate of drug-likeness (QED) is 0.679. The van der Waals surface area contributed by atoms with E-state index in [-0.39, 0.29) is 16.8 Å². The molecule has 6 nitrogen and oxygen atoms in total. The van der Waals surface area contributed by atoms with Crippen LogP contribution in [0.4, 0.5) is 5.69 Å². The Morgan fingerprint density at radius 2 is 1.93 bits per heavy atom. The zero-order valence-corrected chi connectivity index (χ0v) is 16.3. The first-order valence-corrected chi connectivity index (χ1v) is 10.5. The molecule has 1 atom stereocenters. The maximum atomic E-state index is 12.8. The van der Waals surface area contributed by atoms with Gasteiger partial charge in [-0.1, -0.05) is 18.2 Å². The van der Waals surface area contributed by atoms with Crippen LogP contribution in [0.3, 0.4) is 0 Å². The van der Waals surface area contributed by atoms with Gasteiger partial charge in [0.05, 0.1) is 4.90 Å². The molecule has 144 valence electrons. The molecule has 0 aromatic heterocycles. The maximum absolute atomic E-state index is 12.8. The average Bonchev–Trinajstić information content (AvgIpc) is 3.44. The molecule has 0 bridgehead atoms. The van der Waals surface area contributed by atoms with E-state index in [0.29, 0.717) is 29.3 Å². The molecule has 0 spiro atoms. The summed E-state index contributed by atoms with van der Waals surface area (Å²) in [4.78, 5) is 12.6. The van der Waals surface area contributed by atoms with Gasteiger partial charge in [0, 0.05) is 23.8 Å². The molecule has 1 unspecified atom stereocenters. The lowest BCUT2D eigenvalue weighted by Crippen LogP contribution is -2.41. The second kappa shape index (κ2) is 7.70. The molecule has 0 heterocycles. The van der Waals surface area contributed by atoms with Crippen LogP contribution in [-0.4, -0.2) is 26.9 Å². The highest BCUT2D eigenvalue weighted by atomic mass is 32.2. The number of hydrogen-bond acceptors (Lipinski definition) is 4. The fourth-order valence-electron chi connectivity index (χ4n) is 3.07. The molecule has 7 heteroatoms. The van der Waals surface area contributed by atoms with E-state index in [0.717, 1.165) is 18.4 Å². The van der Waals surface area contributed by atoms with Gasteiger partial charge in [-0.05, 0) is 68.0 Å². The van der Waals surface area contributed by atoms with Crippen LogP contribution in [0.2, 0.25) is 0 Å². The number of carbonyl (C=O) groups is 1. The highest BCUT2D eigenvalue weighted by Crippen LogP contribution is 2.32. The summed E-state index contributed by atoms with van der Waals surface area (Å²) in [5, 5.41) is 2.92. The fraction of sp³-hybridized carbons (Fsp3) is 0.350. The van der Waals surface area contributed by atoms with E-state index in [1.807, 2.05) is 13.0 Å². The number of amides is 1. The summed E-state index contributed by atoms with van der Waals surface area (Å²) in [7, 11) is -3.81. The number of sulfonamides is 1. The van der Waals surface area contributed by atoms with Crippen LogP contribution in [0.25, 0.3) is 0 Å². The van der Waals surface area contributed by atoms with Crippen molar-refractivity contribution in [3.05, 3.63) is 59.2 Å². The molecule has 1 amide bonds. The highest BCUT2D eigenvalue weighted by molar-refractivity contribution is 7.92. The number of carbonyl (C=O) groups excluding carboxylic acids is 1. The molecule has 1 aliphatic carbocycles. The number of aryl methyl sites for hydroxylation is 2. The minimum atomic E-state index is -3.81. The van der Waals surface area contributed by atoms with Gasteiger partial charge < -0.3 is 11.1 Å². The summed E-state index contributed by atoms with van der Waals surface area (Å²) in [5.74, 6) is 0.125. The van der Waals surface area contributed by atoms with E-state index in [4.69, 9.17) is 5.73 Å². The molecular weight excluding hydrogens is 362 g/mol. The van der Waals surface area contributed by atoms with Crippen LogP contribution < -0.4 is 15.8 Å². The number of anilines is 1. The smallest absolute Gasteiger partial charge is 0.262 e. The molecule has 0 radical (unpaired) electrons. The topological polar surface area (TPSA) is 101 Å². The van der Waals surface area contributed by atoms with Crippen molar-refractivity contribution in [3.63, 3.8) is 0 Å². The molecule has 1 saturated carbocycles. The number of hydrogen-bond donors (Lipinski definition) is 3. The summed E-state index contributed by atoms with van der Waals surface area (Å²) in [5.41, 5.74) is 8.06. The van der Waals surface area contributed by atoms with Gasteiger partial charge in [0.15, 0.2) is 0 Å². The molecule has 2 aromatic rings. The summed E-state index contributed by atoms with van der Waals surface area (Å²) in [6.45, 7) is 3.98. The van der Waals surface area contributed by atoms with Crippen LogP contribution >= 0.6 is 0 Å². The molecule has 1 fully saturated rings. The van der Waals surface area contributed by atoms with Gasteiger partial charge in [-0.2, -0.15) is 0 Å². The van der Waals surface area contributed by atoms with Gasteiger partial charge in [-0.3, -0.25) is 9.52 Å². The Kier molecular flexibility index (Phi) is 5.53. The zero-order chi connectivity index (χ0) is 19.6. The lowest BCUT2D eigenvalue weighted by molar-refractivity contribution is 0.0933. The molecule has 4 N–H and O–H groups in total. The maximum Gasteiger partial charge on any atom is 0.262 e. The first kappa shape index (κ1) is 19.4. The van der Waals surface area contributed by atoms with Crippen molar-refractivity contribution in [2.45, 2.75) is 37.6 Å². The molecular formula is C20H25N3O3S. The minimum Gasteiger partial charge on any atom is -0.348 e.